The largest absolute Gasteiger partial charge is 0.461 e. The molecule has 4 aromatic rings. The summed E-state index contributed by atoms with van der Waals surface area (Å²) in [6.07, 6.45) is 0.603. The second kappa shape index (κ2) is 7.82. The third-order valence-corrected chi connectivity index (χ3v) is 5.48. The van der Waals surface area contributed by atoms with Gasteiger partial charge in [0.25, 0.3) is 5.78 Å². The summed E-state index contributed by atoms with van der Waals surface area (Å²) in [5.74, 6) is 0.206. The molecule has 31 heavy (non-hydrogen) atoms. The Morgan fingerprint density at radius 3 is 2.65 bits per heavy atom. The molecule has 0 saturated heterocycles. The maximum atomic E-state index is 12.4. The number of nitrogens with two attached hydrogens (primary N) is 1. The molecule has 0 fully saturated rings. The molecule has 0 unspecified atom stereocenters. The average molecular weight is 421 g/mol. The second-order valence-electron chi connectivity index (χ2n) is 7.63. The normalized spacial score (nSPS) is 11.4. The number of benzene rings is 1. The Kier molecular flexibility index (Phi) is 5.18. The van der Waals surface area contributed by atoms with Gasteiger partial charge in [-0.1, -0.05) is 0 Å². The van der Waals surface area contributed by atoms with E-state index < -0.39 is 5.63 Å². The van der Waals surface area contributed by atoms with E-state index in [0.717, 1.165) is 33.5 Å². The molecule has 0 aliphatic heterocycles. The monoisotopic (exact) mass is 421 g/mol. The van der Waals surface area contributed by atoms with Crippen LogP contribution in [0.5, 0.6) is 0 Å². The van der Waals surface area contributed by atoms with Crippen molar-refractivity contribution in [1.29, 1.82) is 0 Å². The first-order chi connectivity index (χ1) is 14.7. The molecule has 9 nitrogen and oxygen atoms in total. The molecule has 0 saturated carbocycles. The Balaban J connectivity index is 1.49. The molecule has 160 valence electrons. The van der Waals surface area contributed by atoms with Crippen molar-refractivity contribution in [2.24, 2.45) is 0 Å². The molecular formula is C22H23N5O4. The van der Waals surface area contributed by atoms with Crippen LogP contribution in [0.25, 0.3) is 16.7 Å². The molecule has 0 radical (unpaired) electrons. The van der Waals surface area contributed by atoms with E-state index in [1.165, 1.54) is 6.07 Å². The summed E-state index contributed by atoms with van der Waals surface area (Å²) in [5, 5.41) is 4.90. The van der Waals surface area contributed by atoms with Crippen molar-refractivity contribution in [3.05, 3.63) is 62.3 Å². The molecule has 0 spiro atoms. The van der Waals surface area contributed by atoms with Crippen LogP contribution in [0.15, 0.2) is 27.4 Å². The summed E-state index contributed by atoms with van der Waals surface area (Å²) in [6.45, 7) is 7.67. The molecule has 0 amide bonds. The first kappa shape index (κ1) is 20.5. The first-order valence-corrected chi connectivity index (χ1v) is 9.91. The number of carbonyl (C=O) groups is 1. The lowest BCUT2D eigenvalue weighted by molar-refractivity contribution is -0.144. The molecule has 3 heterocycles. The van der Waals surface area contributed by atoms with Crippen molar-refractivity contribution in [2.45, 2.75) is 47.1 Å². The molecule has 0 atom stereocenters. The molecule has 9 heteroatoms. The number of aryl methyl sites for hydroxylation is 4. The van der Waals surface area contributed by atoms with E-state index in [1.807, 2.05) is 39.8 Å². The fourth-order valence-corrected chi connectivity index (χ4v) is 3.65. The number of hydrogen-bond donors (Lipinski definition) is 1. The molecule has 0 aliphatic rings. The van der Waals surface area contributed by atoms with Crippen molar-refractivity contribution in [3.63, 3.8) is 0 Å². The Labute approximate surface area is 177 Å². The minimum Gasteiger partial charge on any atom is -0.461 e. The summed E-state index contributed by atoms with van der Waals surface area (Å²) in [6, 6.07) is 5.13. The van der Waals surface area contributed by atoms with E-state index in [1.54, 1.807) is 4.52 Å². The second-order valence-corrected chi connectivity index (χ2v) is 7.63. The van der Waals surface area contributed by atoms with Crippen molar-refractivity contribution >= 4 is 28.7 Å². The van der Waals surface area contributed by atoms with Crippen LogP contribution in [0.3, 0.4) is 0 Å². The van der Waals surface area contributed by atoms with Gasteiger partial charge in [0, 0.05) is 34.8 Å². The van der Waals surface area contributed by atoms with E-state index in [0.29, 0.717) is 23.3 Å². The van der Waals surface area contributed by atoms with Crippen LogP contribution in [0.4, 0.5) is 5.95 Å². The fourth-order valence-electron chi connectivity index (χ4n) is 3.65. The number of hydrogen-bond acceptors (Lipinski definition) is 8. The smallest absolute Gasteiger partial charge is 0.336 e. The standard InChI is InChI=1S/C22H23N5O4/c1-11-7-17-15(9-20(29)31-18(17)8-12(11)2)10-30-19(28)6-5-16-13(3)24-22-25-21(23)26-27(22)14(16)4/h7-9H,5-6,10H2,1-4H3,(H2,23,26). The maximum absolute atomic E-state index is 12.4. The van der Waals surface area contributed by atoms with Gasteiger partial charge in [-0.15, -0.1) is 5.10 Å². The summed E-state index contributed by atoms with van der Waals surface area (Å²) in [7, 11) is 0. The Hall–Kier alpha value is -3.75. The van der Waals surface area contributed by atoms with E-state index >= 15 is 0 Å². The number of nitrogen functional groups attached to an aromatic ring is 1. The zero-order valence-corrected chi connectivity index (χ0v) is 17.9. The number of rotatable bonds is 5. The molecular weight excluding hydrogens is 398 g/mol. The number of nitrogens with zero attached hydrogens (tertiary/aromatic N) is 4. The molecule has 4 rings (SSSR count). The van der Waals surface area contributed by atoms with Crippen LogP contribution in [-0.4, -0.2) is 25.6 Å². The third kappa shape index (κ3) is 3.98. The quantitative estimate of drug-likeness (QED) is 0.385. The number of ether oxygens (including phenoxy) is 1. The van der Waals surface area contributed by atoms with Crippen LogP contribution < -0.4 is 11.4 Å². The Morgan fingerprint density at radius 1 is 1.13 bits per heavy atom. The van der Waals surface area contributed by atoms with Gasteiger partial charge in [0.2, 0.25) is 5.95 Å². The van der Waals surface area contributed by atoms with Crippen molar-refractivity contribution < 1.29 is 13.9 Å². The summed E-state index contributed by atoms with van der Waals surface area (Å²) in [4.78, 5) is 32.8. The summed E-state index contributed by atoms with van der Waals surface area (Å²) in [5.41, 5.74) is 10.9. The molecule has 2 N–H and O–H groups in total. The van der Waals surface area contributed by atoms with Crippen molar-refractivity contribution in [2.75, 3.05) is 5.73 Å². The lowest BCUT2D eigenvalue weighted by Gasteiger charge is -2.11. The van der Waals surface area contributed by atoms with E-state index in [9.17, 15) is 9.59 Å². The van der Waals surface area contributed by atoms with Crippen LogP contribution in [-0.2, 0) is 22.6 Å². The zero-order valence-electron chi connectivity index (χ0n) is 17.9. The molecule has 0 aliphatic carbocycles. The Morgan fingerprint density at radius 2 is 1.87 bits per heavy atom. The van der Waals surface area contributed by atoms with Gasteiger partial charge in [0.05, 0.1) is 0 Å². The summed E-state index contributed by atoms with van der Waals surface area (Å²) < 4.78 is 12.3. The molecule has 1 aromatic carbocycles. The van der Waals surface area contributed by atoms with Gasteiger partial charge in [0.15, 0.2) is 0 Å². The van der Waals surface area contributed by atoms with Gasteiger partial charge in [-0.3, -0.25) is 4.79 Å². The SMILES string of the molecule is Cc1cc2oc(=O)cc(COC(=O)CCc3c(C)nc4nc(N)nn4c3C)c2cc1C. The zero-order chi connectivity index (χ0) is 22.3. The Bertz CT molecular complexity index is 1390. The minimum absolute atomic E-state index is 0.00169. The van der Waals surface area contributed by atoms with Gasteiger partial charge in [-0.25, -0.2) is 9.78 Å². The lowest BCUT2D eigenvalue weighted by atomic mass is 10.0. The van der Waals surface area contributed by atoms with Crippen molar-refractivity contribution in [1.82, 2.24) is 19.6 Å². The topological polar surface area (TPSA) is 126 Å². The highest BCUT2D eigenvalue weighted by Crippen LogP contribution is 2.22. The van der Waals surface area contributed by atoms with E-state index in [-0.39, 0.29) is 24.9 Å². The van der Waals surface area contributed by atoms with Crippen LogP contribution >= 0.6 is 0 Å². The summed E-state index contributed by atoms with van der Waals surface area (Å²) >= 11 is 0. The predicted molar refractivity (Wildman–Crippen MR) is 115 cm³/mol. The van der Waals surface area contributed by atoms with Crippen molar-refractivity contribution in [3.8, 4) is 0 Å². The molecule has 3 aromatic heterocycles. The molecule has 0 bridgehead atoms. The highest BCUT2D eigenvalue weighted by atomic mass is 16.5. The van der Waals surface area contributed by atoms with E-state index in [2.05, 4.69) is 15.1 Å². The van der Waals surface area contributed by atoms with Gasteiger partial charge >= 0.3 is 11.6 Å². The minimum atomic E-state index is -0.473. The van der Waals surface area contributed by atoms with Crippen LogP contribution in [0.1, 0.15) is 40.1 Å². The third-order valence-electron chi connectivity index (χ3n) is 5.48. The number of aromatic nitrogens is 4. The lowest BCUT2D eigenvalue weighted by Crippen LogP contribution is -2.11. The maximum Gasteiger partial charge on any atom is 0.336 e. The average Bonchev–Trinajstić information content (AvgIpc) is 3.07. The number of fused-ring (bicyclic) bond motifs is 2. The first-order valence-electron chi connectivity index (χ1n) is 9.91. The predicted octanol–water partition coefficient (Wildman–Crippen LogP) is 2.72. The van der Waals surface area contributed by atoms with E-state index in [4.69, 9.17) is 14.9 Å². The number of anilines is 1. The van der Waals surface area contributed by atoms with Gasteiger partial charge in [0.1, 0.15) is 12.2 Å². The van der Waals surface area contributed by atoms with Gasteiger partial charge in [-0.2, -0.15) is 9.50 Å². The van der Waals surface area contributed by atoms with Crippen LogP contribution in [0.2, 0.25) is 0 Å². The fraction of sp³-hybridized carbons (Fsp3) is 0.318. The van der Waals surface area contributed by atoms with Gasteiger partial charge < -0.3 is 14.9 Å². The highest BCUT2D eigenvalue weighted by Gasteiger charge is 2.15. The number of esters is 1. The highest BCUT2D eigenvalue weighted by molar-refractivity contribution is 5.82. The number of carbonyl (C=O) groups excluding carboxylic acids is 1. The van der Waals surface area contributed by atoms with Gasteiger partial charge in [-0.05, 0) is 62.9 Å². The van der Waals surface area contributed by atoms with Crippen LogP contribution in [0, 0.1) is 27.7 Å².